The molecule has 0 fully saturated rings. The van der Waals surface area contributed by atoms with Crippen LogP contribution in [-0.4, -0.2) is 19.0 Å². The number of ether oxygens (including phenoxy) is 1. The summed E-state index contributed by atoms with van der Waals surface area (Å²) in [5, 5.41) is 3.54. The van der Waals surface area contributed by atoms with Crippen LogP contribution in [0.4, 0.5) is 5.69 Å². The van der Waals surface area contributed by atoms with Gasteiger partial charge in [0, 0.05) is 10.7 Å². The summed E-state index contributed by atoms with van der Waals surface area (Å²) in [5.74, 6) is -0.671. The van der Waals surface area contributed by atoms with Crippen molar-refractivity contribution >= 4 is 29.2 Å². The van der Waals surface area contributed by atoms with Crippen LogP contribution in [0.5, 0.6) is 0 Å². The van der Waals surface area contributed by atoms with Crippen molar-refractivity contribution in [3.63, 3.8) is 0 Å². The minimum atomic E-state index is -0.408. The third kappa shape index (κ3) is 4.36. The van der Waals surface area contributed by atoms with Gasteiger partial charge in [-0.2, -0.15) is 0 Å². The van der Waals surface area contributed by atoms with Gasteiger partial charge in [-0.1, -0.05) is 37.6 Å². The van der Waals surface area contributed by atoms with Gasteiger partial charge in [0.2, 0.25) is 5.91 Å². The first kappa shape index (κ1) is 18.0. The van der Waals surface area contributed by atoms with E-state index in [-0.39, 0.29) is 17.7 Å². The van der Waals surface area contributed by atoms with E-state index in [9.17, 15) is 9.59 Å². The quantitative estimate of drug-likeness (QED) is 0.811. The molecule has 0 bridgehead atoms. The van der Waals surface area contributed by atoms with Crippen LogP contribution in [0.2, 0.25) is 5.02 Å². The Balaban J connectivity index is 2.16. The summed E-state index contributed by atoms with van der Waals surface area (Å²) in [5.41, 5.74) is 1.99. The minimum absolute atomic E-state index is 0.0989. The molecule has 0 aromatic heterocycles. The first-order valence-electron chi connectivity index (χ1n) is 7.67. The number of halogens is 1. The Bertz CT molecular complexity index is 708. The Labute approximate surface area is 146 Å². The van der Waals surface area contributed by atoms with E-state index >= 15 is 0 Å². The average Bonchev–Trinajstić information content (AvgIpc) is 2.56. The number of methoxy groups -OCH3 is 1. The van der Waals surface area contributed by atoms with Crippen LogP contribution in [0, 0.1) is 5.92 Å². The Kier molecular flexibility index (Phi) is 5.99. The van der Waals surface area contributed by atoms with Crippen molar-refractivity contribution in [1.29, 1.82) is 0 Å². The maximum atomic E-state index is 12.7. The lowest BCUT2D eigenvalue weighted by molar-refractivity contribution is -0.118. The molecule has 24 heavy (non-hydrogen) atoms. The van der Waals surface area contributed by atoms with Crippen molar-refractivity contribution in [3.05, 3.63) is 64.7 Å². The molecule has 2 aromatic rings. The number of hydrogen-bond acceptors (Lipinski definition) is 3. The molecule has 1 N–H and O–H groups in total. The number of hydrogen-bond donors (Lipinski definition) is 1. The first-order valence-corrected chi connectivity index (χ1v) is 8.05. The normalized spacial score (nSPS) is 11.9. The third-order valence-electron chi connectivity index (χ3n) is 3.75. The predicted octanol–water partition coefficient (Wildman–Crippen LogP) is 4.50. The zero-order valence-corrected chi connectivity index (χ0v) is 14.6. The minimum Gasteiger partial charge on any atom is -0.465 e. The van der Waals surface area contributed by atoms with Crippen molar-refractivity contribution in [2.24, 2.45) is 5.92 Å². The molecule has 2 aromatic carbocycles. The van der Waals surface area contributed by atoms with E-state index in [1.807, 2.05) is 26.0 Å². The van der Waals surface area contributed by atoms with Gasteiger partial charge in [0.25, 0.3) is 0 Å². The van der Waals surface area contributed by atoms with E-state index in [4.69, 9.17) is 11.6 Å². The lowest BCUT2D eigenvalue weighted by Crippen LogP contribution is -2.25. The molecule has 126 valence electrons. The van der Waals surface area contributed by atoms with E-state index in [1.54, 1.807) is 36.4 Å². The molecule has 0 aliphatic heterocycles. The second-order valence-electron chi connectivity index (χ2n) is 5.83. The van der Waals surface area contributed by atoms with E-state index in [0.29, 0.717) is 16.3 Å². The largest absolute Gasteiger partial charge is 0.465 e. The summed E-state index contributed by atoms with van der Waals surface area (Å²) in [4.78, 5) is 24.1. The summed E-state index contributed by atoms with van der Waals surface area (Å²) >= 11 is 5.92. The van der Waals surface area contributed by atoms with Crippen LogP contribution in [-0.2, 0) is 9.53 Å². The number of amides is 1. The highest BCUT2D eigenvalue weighted by Gasteiger charge is 2.24. The molecule has 0 unspecified atom stereocenters. The number of rotatable bonds is 5. The molecule has 0 saturated carbocycles. The van der Waals surface area contributed by atoms with Crippen LogP contribution < -0.4 is 5.32 Å². The van der Waals surface area contributed by atoms with E-state index in [1.165, 1.54) is 7.11 Å². The zero-order chi connectivity index (χ0) is 17.7. The second kappa shape index (κ2) is 7.97. The Morgan fingerprint density at radius 2 is 1.58 bits per heavy atom. The summed E-state index contributed by atoms with van der Waals surface area (Å²) in [6.45, 7) is 4.00. The Morgan fingerprint density at radius 3 is 2.08 bits per heavy atom. The van der Waals surface area contributed by atoms with Gasteiger partial charge in [0.15, 0.2) is 0 Å². The topological polar surface area (TPSA) is 55.4 Å². The molecule has 5 heteroatoms. The van der Waals surface area contributed by atoms with Crippen LogP contribution in [0.15, 0.2) is 48.5 Å². The van der Waals surface area contributed by atoms with E-state index in [2.05, 4.69) is 10.1 Å². The fraction of sp³-hybridized carbons (Fsp3) is 0.263. The number of esters is 1. The van der Waals surface area contributed by atoms with Gasteiger partial charge in [-0.3, -0.25) is 4.79 Å². The maximum Gasteiger partial charge on any atom is 0.337 e. The second-order valence-corrected chi connectivity index (χ2v) is 6.27. The molecule has 1 atom stereocenters. The van der Waals surface area contributed by atoms with Gasteiger partial charge in [-0.05, 0) is 47.9 Å². The van der Waals surface area contributed by atoms with Crippen molar-refractivity contribution in [2.45, 2.75) is 19.8 Å². The molecular formula is C19H20ClNO3. The lowest BCUT2D eigenvalue weighted by atomic mass is 9.87. The smallest absolute Gasteiger partial charge is 0.337 e. The van der Waals surface area contributed by atoms with Crippen molar-refractivity contribution in [1.82, 2.24) is 0 Å². The number of carbonyl (C=O) groups excluding carboxylic acids is 2. The molecule has 0 heterocycles. The summed E-state index contributed by atoms with van der Waals surface area (Å²) in [6.07, 6.45) is 0. The van der Waals surface area contributed by atoms with Crippen molar-refractivity contribution in [3.8, 4) is 0 Å². The Morgan fingerprint density at radius 1 is 1.00 bits per heavy atom. The molecule has 4 nitrogen and oxygen atoms in total. The van der Waals surface area contributed by atoms with Gasteiger partial charge in [0.05, 0.1) is 18.6 Å². The highest BCUT2D eigenvalue weighted by Crippen LogP contribution is 2.27. The molecular weight excluding hydrogens is 326 g/mol. The highest BCUT2D eigenvalue weighted by atomic mass is 35.5. The first-order chi connectivity index (χ1) is 11.4. The van der Waals surface area contributed by atoms with Crippen LogP contribution >= 0.6 is 11.6 Å². The lowest BCUT2D eigenvalue weighted by Gasteiger charge is -2.21. The van der Waals surface area contributed by atoms with E-state index < -0.39 is 5.97 Å². The average molecular weight is 346 g/mol. The molecule has 0 spiro atoms. The van der Waals surface area contributed by atoms with Crippen LogP contribution in [0.3, 0.4) is 0 Å². The Hall–Kier alpha value is -2.33. The zero-order valence-electron chi connectivity index (χ0n) is 13.9. The van der Waals surface area contributed by atoms with Crippen molar-refractivity contribution in [2.75, 3.05) is 12.4 Å². The number of benzene rings is 2. The standard InChI is InChI=1S/C19H20ClNO3/c1-12(2)17(13-4-8-15(20)9-5-13)18(22)21-16-10-6-14(7-11-16)19(23)24-3/h4-12,17H,1-3H3,(H,21,22)/t17-/m1/s1. The van der Waals surface area contributed by atoms with Crippen LogP contribution in [0.1, 0.15) is 35.7 Å². The van der Waals surface area contributed by atoms with Gasteiger partial charge in [-0.15, -0.1) is 0 Å². The summed E-state index contributed by atoms with van der Waals surface area (Å²) < 4.78 is 4.66. The molecule has 2 rings (SSSR count). The molecule has 0 aliphatic carbocycles. The maximum absolute atomic E-state index is 12.7. The predicted molar refractivity (Wildman–Crippen MR) is 95.4 cm³/mol. The molecule has 0 aliphatic rings. The van der Waals surface area contributed by atoms with Crippen LogP contribution in [0.25, 0.3) is 0 Å². The van der Waals surface area contributed by atoms with Gasteiger partial charge >= 0.3 is 5.97 Å². The third-order valence-corrected chi connectivity index (χ3v) is 4.00. The van der Waals surface area contributed by atoms with Crippen molar-refractivity contribution < 1.29 is 14.3 Å². The fourth-order valence-corrected chi connectivity index (χ4v) is 2.66. The summed E-state index contributed by atoms with van der Waals surface area (Å²) in [6, 6.07) is 13.9. The molecule has 0 radical (unpaired) electrons. The van der Waals surface area contributed by atoms with Gasteiger partial charge in [-0.25, -0.2) is 4.79 Å². The number of nitrogens with one attached hydrogen (secondary N) is 1. The highest BCUT2D eigenvalue weighted by molar-refractivity contribution is 6.30. The molecule has 0 saturated heterocycles. The van der Waals surface area contributed by atoms with Gasteiger partial charge in [0.1, 0.15) is 0 Å². The number of carbonyl (C=O) groups is 2. The molecule has 1 amide bonds. The SMILES string of the molecule is COC(=O)c1ccc(NC(=O)[C@@H](c2ccc(Cl)cc2)C(C)C)cc1. The van der Waals surface area contributed by atoms with E-state index in [0.717, 1.165) is 5.56 Å². The fourth-order valence-electron chi connectivity index (χ4n) is 2.54. The van der Waals surface area contributed by atoms with Gasteiger partial charge < -0.3 is 10.1 Å². The monoisotopic (exact) mass is 345 g/mol. The number of anilines is 1. The summed E-state index contributed by atoms with van der Waals surface area (Å²) in [7, 11) is 1.33.